The second kappa shape index (κ2) is 5.33. The Labute approximate surface area is 118 Å². The fourth-order valence-electron chi connectivity index (χ4n) is 2.64. The van der Waals surface area contributed by atoms with Gasteiger partial charge in [-0.2, -0.15) is 0 Å². The second-order valence-corrected chi connectivity index (χ2v) is 5.13. The molecule has 1 aromatic heterocycles. The summed E-state index contributed by atoms with van der Waals surface area (Å²) in [6.07, 6.45) is 4.47. The van der Waals surface area contributed by atoms with Crippen LogP contribution < -0.4 is 10.6 Å². The molecule has 0 saturated carbocycles. The zero-order valence-electron chi connectivity index (χ0n) is 11.2. The van der Waals surface area contributed by atoms with Crippen molar-refractivity contribution in [1.82, 2.24) is 4.98 Å². The first-order valence-corrected chi connectivity index (χ1v) is 6.79. The van der Waals surface area contributed by atoms with Crippen LogP contribution in [0.15, 0.2) is 48.8 Å². The van der Waals surface area contributed by atoms with Crippen LogP contribution in [0.1, 0.15) is 6.42 Å². The minimum atomic E-state index is -0.198. The lowest BCUT2D eigenvalue weighted by Gasteiger charge is -2.19. The molecule has 3 rings (SSSR count). The fraction of sp³-hybridized carbons (Fsp3) is 0.250. The highest BCUT2D eigenvalue weighted by atomic mass is 16.1. The maximum Gasteiger partial charge on any atom is 0.222 e. The summed E-state index contributed by atoms with van der Waals surface area (Å²) < 4.78 is 0. The summed E-state index contributed by atoms with van der Waals surface area (Å²) in [6, 6.07) is 12.3. The van der Waals surface area contributed by atoms with Crippen molar-refractivity contribution in [2.24, 2.45) is 11.7 Å². The van der Waals surface area contributed by atoms with E-state index in [-0.39, 0.29) is 11.8 Å². The smallest absolute Gasteiger partial charge is 0.222 e. The largest absolute Gasteiger partial charge is 0.371 e. The van der Waals surface area contributed by atoms with Crippen LogP contribution in [-0.4, -0.2) is 24.0 Å². The summed E-state index contributed by atoms with van der Waals surface area (Å²) in [5.74, 6) is -0.229. The van der Waals surface area contributed by atoms with E-state index in [1.807, 2.05) is 24.4 Å². The van der Waals surface area contributed by atoms with Gasteiger partial charge in [-0.1, -0.05) is 18.2 Å². The molecule has 1 aromatic carbocycles. The Kier molecular flexibility index (Phi) is 3.37. The number of benzene rings is 1. The topological polar surface area (TPSA) is 59.2 Å². The van der Waals surface area contributed by atoms with Gasteiger partial charge in [0.05, 0.1) is 5.92 Å². The van der Waals surface area contributed by atoms with Crippen LogP contribution in [-0.2, 0) is 4.79 Å². The number of rotatable bonds is 3. The van der Waals surface area contributed by atoms with Gasteiger partial charge in [0, 0.05) is 36.7 Å². The number of nitrogens with two attached hydrogens (primary N) is 1. The molecule has 2 heterocycles. The van der Waals surface area contributed by atoms with Crippen LogP contribution in [0.25, 0.3) is 11.1 Å². The van der Waals surface area contributed by atoms with Crippen molar-refractivity contribution in [1.29, 1.82) is 0 Å². The standard InChI is InChI=1S/C16H17N3O/c17-16(20)14-6-8-19(11-14)15-5-1-3-12(9-15)13-4-2-7-18-10-13/h1-5,7,9-10,14H,6,8,11H2,(H2,17,20). The van der Waals surface area contributed by atoms with E-state index in [0.29, 0.717) is 6.54 Å². The quantitative estimate of drug-likeness (QED) is 0.926. The monoisotopic (exact) mass is 267 g/mol. The van der Waals surface area contributed by atoms with Gasteiger partial charge in [0.25, 0.3) is 0 Å². The number of carbonyl (C=O) groups excluding carboxylic acids is 1. The number of hydrogen-bond acceptors (Lipinski definition) is 3. The molecule has 2 N–H and O–H groups in total. The van der Waals surface area contributed by atoms with Crippen LogP contribution in [0, 0.1) is 5.92 Å². The molecule has 20 heavy (non-hydrogen) atoms. The van der Waals surface area contributed by atoms with Gasteiger partial charge in [-0.15, -0.1) is 0 Å². The van der Waals surface area contributed by atoms with E-state index >= 15 is 0 Å². The third-order valence-corrected chi connectivity index (χ3v) is 3.80. The zero-order chi connectivity index (χ0) is 13.9. The molecule has 102 valence electrons. The summed E-state index contributed by atoms with van der Waals surface area (Å²) in [5, 5.41) is 0. The highest BCUT2D eigenvalue weighted by Crippen LogP contribution is 2.28. The lowest BCUT2D eigenvalue weighted by Crippen LogP contribution is -2.27. The van der Waals surface area contributed by atoms with Crippen molar-refractivity contribution >= 4 is 11.6 Å². The molecule has 4 heteroatoms. The van der Waals surface area contributed by atoms with Gasteiger partial charge in [-0.3, -0.25) is 9.78 Å². The summed E-state index contributed by atoms with van der Waals surface area (Å²) in [5.41, 5.74) is 8.75. The molecular weight excluding hydrogens is 250 g/mol. The third kappa shape index (κ3) is 2.50. The van der Waals surface area contributed by atoms with Crippen molar-refractivity contribution in [3.63, 3.8) is 0 Å². The Morgan fingerprint density at radius 2 is 2.10 bits per heavy atom. The molecule has 1 amide bonds. The summed E-state index contributed by atoms with van der Waals surface area (Å²) >= 11 is 0. The van der Waals surface area contributed by atoms with Crippen LogP contribution in [0.4, 0.5) is 5.69 Å². The Morgan fingerprint density at radius 1 is 1.25 bits per heavy atom. The molecular formula is C16H17N3O. The number of anilines is 1. The van der Waals surface area contributed by atoms with Crippen LogP contribution in [0.5, 0.6) is 0 Å². The Bertz CT molecular complexity index is 612. The molecule has 0 radical (unpaired) electrons. The molecule has 1 saturated heterocycles. The van der Waals surface area contributed by atoms with E-state index in [2.05, 4.69) is 28.1 Å². The number of aromatic nitrogens is 1. The molecule has 1 aliphatic heterocycles. The van der Waals surface area contributed by atoms with E-state index in [0.717, 1.165) is 29.8 Å². The van der Waals surface area contributed by atoms with Crippen LogP contribution in [0.2, 0.25) is 0 Å². The van der Waals surface area contributed by atoms with Crippen molar-refractivity contribution in [2.75, 3.05) is 18.0 Å². The molecule has 0 spiro atoms. The van der Waals surface area contributed by atoms with E-state index in [9.17, 15) is 4.79 Å². The first-order valence-electron chi connectivity index (χ1n) is 6.79. The molecule has 1 fully saturated rings. The SMILES string of the molecule is NC(=O)C1CCN(c2cccc(-c3cccnc3)c2)C1. The van der Waals surface area contributed by atoms with Crippen LogP contribution >= 0.6 is 0 Å². The predicted molar refractivity (Wildman–Crippen MR) is 79.2 cm³/mol. The van der Waals surface area contributed by atoms with Crippen molar-refractivity contribution in [3.05, 3.63) is 48.8 Å². The predicted octanol–water partition coefficient (Wildman–Crippen LogP) is 2.06. The van der Waals surface area contributed by atoms with Gasteiger partial charge in [-0.05, 0) is 30.2 Å². The maximum absolute atomic E-state index is 11.3. The van der Waals surface area contributed by atoms with Gasteiger partial charge in [0.15, 0.2) is 0 Å². The summed E-state index contributed by atoms with van der Waals surface area (Å²) in [4.78, 5) is 17.6. The normalized spacial score (nSPS) is 18.2. The maximum atomic E-state index is 11.3. The molecule has 1 unspecified atom stereocenters. The zero-order valence-corrected chi connectivity index (χ0v) is 11.2. The third-order valence-electron chi connectivity index (χ3n) is 3.80. The summed E-state index contributed by atoms with van der Waals surface area (Å²) in [7, 11) is 0. The number of nitrogens with zero attached hydrogens (tertiary/aromatic N) is 2. The first-order chi connectivity index (χ1) is 9.74. The van der Waals surface area contributed by atoms with E-state index in [1.54, 1.807) is 6.20 Å². The number of pyridine rings is 1. The Hall–Kier alpha value is -2.36. The highest BCUT2D eigenvalue weighted by molar-refractivity contribution is 5.78. The minimum Gasteiger partial charge on any atom is -0.371 e. The van der Waals surface area contributed by atoms with Gasteiger partial charge in [0.1, 0.15) is 0 Å². The average molecular weight is 267 g/mol. The number of carbonyl (C=O) groups is 1. The molecule has 0 bridgehead atoms. The minimum absolute atomic E-state index is 0.0305. The van der Waals surface area contributed by atoms with E-state index in [4.69, 9.17) is 5.73 Å². The Morgan fingerprint density at radius 3 is 2.80 bits per heavy atom. The van der Waals surface area contributed by atoms with Gasteiger partial charge in [-0.25, -0.2) is 0 Å². The first kappa shape index (κ1) is 12.7. The second-order valence-electron chi connectivity index (χ2n) is 5.13. The lowest BCUT2D eigenvalue weighted by molar-refractivity contribution is -0.121. The molecule has 1 atom stereocenters. The van der Waals surface area contributed by atoms with Crippen molar-refractivity contribution in [3.8, 4) is 11.1 Å². The van der Waals surface area contributed by atoms with Gasteiger partial charge >= 0.3 is 0 Å². The van der Waals surface area contributed by atoms with Gasteiger partial charge in [0.2, 0.25) is 5.91 Å². The van der Waals surface area contributed by atoms with Gasteiger partial charge < -0.3 is 10.6 Å². The van der Waals surface area contributed by atoms with Crippen LogP contribution in [0.3, 0.4) is 0 Å². The number of amides is 1. The fourth-order valence-corrected chi connectivity index (χ4v) is 2.64. The molecule has 4 nitrogen and oxygen atoms in total. The van der Waals surface area contributed by atoms with E-state index in [1.165, 1.54) is 0 Å². The molecule has 1 aliphatic rings. The summed E-state index contributed by atoms with van der Waals surface area (Å²) in [6.45, 7) is 1.59. The highest BCUT2D eigenvalue weighted by Gasteiger charge is 2.26. The lowest BCUT2D eigenvalue weighted by atomic mass is 10.1. The number of primary amides is 1. The molecule has 2 aromatic rings. The van der Waals surface area contributed by atoms with E-state index < -0.39 is 0 Å². The average Bonchev–Trinajstić information content (AvgIpc) is 2.98. The number of hydrogen-bond donors (Lipinski definition) is 1. The molecule has 0 aliphatic carbocycles. The van der Waals surface area contributed by atoms with Crippen molar-refractivity contribution in [2.45, 2.75) is 6.42 Å². The Balaban J connectivity index is 1.84. The van der Waals surface area contributed by atoms with Crippen molar-refractivity contribution < 1.29 is 4.79 Å².